The largest absolute Gasteiger partial charge is 0.285 e. The molecular formula is C15H16N2S2. The monoisotopic (exact) mass is 288 g/mol. The third-order valence-corrected chi connectivity index (χ3v) is 5.10. The van der Waals surface area contributed by atoms with Crippen LogP contribution >= 0.6 is 21.6 Å². The van der Waals surface area contributed by atoms with Crippen molar-refractivity contribution in [1.82, 2.24) is 9.88 Å². The lowest BCUT2D eigenvalue weighted by molar-refractivity contribution is 0.339. The zero-order valence-electron chi connectivity index (χ0n) is 10.9. The molecule has 0 amide bonds. The van der Waals surface area contributed by atoms with Gasteiger partial charge in [-0.3, -0.25) is 9.88 Å². The molecule has 0 radical (unpaired) electrons. The van der Waals surface area contributed by atoms with Gasteiger partial charge in [0.2, 0.25) is 0 Å². The Morgan fingerprint density at radius 1 is 1.21 bits per heavy atom. The summed E-state index contributed by atoms with van der Waals surface area (Å²) in [5.74, 6) is 1.09. The van der Waals surface area contributed by atoms with Gasteiger partial charge in [0.05, 0.1) is 5.88 Å². The van der Waals surface area contributed by atoms with Crippen molar-refractivity contribution in [3.63, 3.8) is 0 Å². The number of nitrogens with zero attached hydrogens (tertiary/aromatic N) is 2. The minimum atomic E-state index is 1.05. The Morgan fingerprint density at radius 3 is 2.95 bits per heavy atom. The van der Waals surface area contributed by atoms with Crippen molar-refractivity contribution in [2.75, 3.05) is 12.1 Å². The molecule has 0 saturated heterocycles. The molecular weight excluding hydrogens is 272 g/mol. The topological polar surface area (TPSA) is 16.1 Å². The van der Waals surface area contributed by atoms with Gasteiger partial charge in [-0.1, -0.05) is 45.9 Å². The van der Waals surface area contributed by atoms with Gasteiger partial charge in [-0.2, -0.15) is 0 Å². The first kappa shape index (κ1) is 13.0. The van der Waals surface area contributed by atoms with E-state index in [1.807, 2.05) is 40.0 Å². The van der Waals surface area contributed by atoms with E-state index < -0.39 is 0 Å². The molecule has 1 aromatic carbocycles. The molecule has 0 saturated carbocycles. The molecule has 2 aromatic rings. The molecule has 0 atom stereocenters. The van der Waals surface area contributed by atoms with Crippen molar-refractivity contribution in [3.05, 3.63) is 53.9 Å². The fraction of sp³-hybridized carbons (Fsp3) is 0.267. The van der Waals surface area contributed by atoms with Gasteiger partial charge in [0.1, 0.15) is 0 Å². The van der Waals surface area contributed by atoms with E-state index >= 15 is 0 Å². The van der Waals surface area contributed by atoms with E-state index in [0.29, 0.717) is 0 Å². The van der Waals surface area contributed by atoms with Crippen LogP contribution in [-0.4, -0.2) is 22.0 Å². The lowest BCUT2D eigenvalue weighted by Crippen LogP contribution is -2.14. The van der Waals surface area contributed by atoms with Gasteiger partial charge in [-0.25, -0.2) is 0 Å². The quantitative estimate of drug-likeness (QED) is 0.789. The third kappa shape index (κ3) is 2.81. The maximum absolute atomic E-state index is 4.23. The van der Waals surface area contributed by atoms with Crippen LogP contribution < -0.4 is 0 Å². The van der Waals surface area contributed by atoms with E-state index in [-0.39, 0.29) is 0 Å². The molecule has 2 heterocycles. The average molecular weight is 288 g/mol. The molecule has 19 heavy (non-hydrogen) atoms. The number of fused-ring (bicyclic) bond motifs is 1. The van der Waals surface area contributed by atoms with Gasteiger partial charge in [-0.15, -0.1) is 0 Å². The molecule has 0 aliphatic carbocycles. The molecule has 4 heteroatoms. The van der Waals surface area contributed by atoms with E-state index in [2.05, 4.69) is 40.4 Å². The van der Waals surface area contributed by atoms with Crippen LogP contribution in [0.15, 0.2) is 42.7 Å². The first-order valence-electron chi connectivity index (χ1n) is 6.27. The van der Waals surface area contributed by atoms with Crippen LogP contribution in [0, 0.1) is 0 Å². The SMILES string of the molecule is CSSCN1Cc2cccc(-c3cccnc3)c2C1. The van der Waals surface area contributed by atoms with Gasteiger partial charge in [-0.05, 0) is 29.0 Å². The molecule has 1 aliphatic heterocycles. The second-order valence-electron chi connectivity index (χ2n) is 4.59. The zero-order chi connectivity index (χ0) is 13.1. The van der Waals surface area contributed by atoms with Crippen molar-refractivity contribution >= 4 is 21.6 Å². The number of hydrogen-bond acceptors (Lipinski definition) is 4. The molecule has 0 unspecified atom stereocenters. The van der Waals surface area contributed by atoms with Gasteiger partial charge in [0.15, 0.2) is 0 Å². The van der Waals surface area contributed by atoms with Crippen LogP contribution in [0.4, 0.5) is 0 Å². The van der Waals surface area contributed by atoms with E-state index in [4.69, 9.17) is 0 Å². The van der Waals surface area contributed by atoms with Crippen LogP contribution in [0.5, 0.6) is 0 Å². The Kier molecular flexibility index (Phi) is 4.11. The first-order chi connectivity index (χ1) is 9.38. The summed E-state index contributed by atoms with van der Waals surface area (Å²) in [5, 5.41) is 0. The van der Waals surface area contributed by atoms with Crippen LogP contribution in [0.25, 0.3) is 11.1 Å². The van der Waals surface area contributed by atoms with Crippen molar-refractivity contribution in [3.8, 4) is 11.1 Å². The van der Waals surface area contributed by atoms with Gasteiger partial charge < -0.3 is 0 Å². The first-order valence-corrected chi connectivity index (χ1v) is 9.00. The molecule has 1 aromatic heterocycles. The average Bonchev–Trinajstić information content (AvgIpc) is 2.88. The summed E-state index contributed by atoms with van der Waals surface area (Å²) in [5.41, 5.74) is 5.49. The Balaban J connectivity index is 1.89. The van der Waals surface area contributed by atoms with Crippen molar-refractivity contribution in [2.45, 2.75) is 13.1 Å². The summed E-state index contributed by atoms with van der Waals surface area (Å²) < 4.78 is 0. The summed E-state index contributed by atoms with van der Waals surface area (Å²) in [6, 6.07) is 10.8. The fourth-order valence-corrected chi connectivity index (χ4v) is 3.70. The van der Waals surface area contributed by atoms with E-state index in [0.717, 1.165) is 19.0 Å². The van der Waals surface area contributed by atoms with E-state index in [1.165, 1.54) is 22.3 Å². The number of aromatic nitrogens is 1. The predicted octanol–water partition coefficient (Wildman–Crippen LogP) is 4.03. The standard InChI is InChI=1S/C15H16N2S2/c1-18-19-11-17-9-13-4-2-6-14(15(13)10-17)12-5-3-7-16-8-12/h2-8H,9-11H2,1H3. The normalized spacial score (nSPS) is 14.6. The minimum absolute atomic E-state index is 1.05. The van der Waals surface area contributed by atoms with Gasteiger partial charge >= 0.3 is 0 Å². The van der Waals surface area contributed by atoms with Crippen LogP contribution in [-0.2, 0) is 13.1 Å². The maximum atomic E-state index is 4.23. The smallest absolute Gasteiger partial charge is 0.0555 e. The van der Waals surface area contributed by atoms with Crippen molar-refractivity contribution < 1.29 is 0 Å². The minimum Gasteiger partial charge on any atom is -0.285 e. The zero-order valence-corrected chi connectivity index (χ0v) is 12.5. The summed E-state index contributed by atoms with van der Waals surface area (Å²) in [6.45, 7) is 2.12. The molecule has 0 spiro atoms. The van der Waals surface area contributed by atoms with E-state index in [9.17, 15) is 0 Å². The van der Waals surface area contributed by atoms with Crippen molar-refractivity contribution in [2.24, 2.45) is 0 Å². The van der Waals surface area contributed by atoms with Crippen LogP contribution in [0.2, 0.25) is 0 Å². The van der Waals surface area contributed by atoms with Crippen LogP contribution in [0.1, 0.15) is 11.1 Å². The Labute approximate surface area is 122 Å². The number of rotatable bonds is 4. The highest BCUT2D eigenvalue weighted by Crippen LogP contribution is 2.33. The Bertz CT molecular complexity index is 557. The number of hydrogen-bond donors (Lipinski definition) is 0. The second-order valence-corrected chi connectivity index (χ2v) is 7.12. The molecule has 0 fully saturated rings. The summed E-state index contributed by atoms with van der Waals surface area (Å²) >= 11 is 0. The molecule has 1 aliphatic rings. The maximum Gasteiger partial charge on any atom is 0.0555 e. The van der Waals surface area contributed by atoms with Crippen LogP contribution in [0.3, 0.4) is 0 Å². The number of pyridine rings is 1. The summed E-state index contributed by atoms with van der Waals surface area (Å²) in [6.07, 6.45) is 5.91. The van der Waals surface area contributed by atoms with Gasteiger partial charge in [0, 0.05) is 31.0 Å². The third-order valence-electron chi connectivity index (χ3n) is 3.37. The summed E-state index contributed by atoms with van der Waals surface area (Å²) in [7, 11) is 3.74. The highest BCUT2D eigenvalue weighted by Gasteiger charge is 2.21. The van der Waals surface area contributed by atoms with E-state index in [1.54, 1.807) is 0 Å². The second kappa shape index (κ2) is 5.99. The lowest BCUT2D eigenvalue weighted by atomic mass is 9.98. The Morgan fingerprint density at radius 2 is 2.16 bits per heavy atom. The fourth-order valence-electron chi connectivity index (χ4n) is 2.50. The molecule has 0 bridgehead atoms. The highest BCUT2D eigenvalue weighted by atomic mass is 33.1. The lowest BCUT2D eigenvalue weighted by Gasteiger charge is -2.13. The highest BCUT2D eigenvalue weighted by molar-refractivity contribution is 8.76. The molecule has 2 nitrogen and oxygen atoms in total. The molecule has 0 N–H and O–H groups in total. The predicted molar refractivity (Wildman–Crippen MR) is 84.9 cm³/mol. The molecule has 98 valence electrons. The number of benzene rings is 1. The van der Waals surface area contributed by atoms with Crippen molar-refractivity contribution in [1.29, 1.82) is 0 Å². The summed E-state index contributed by atoms with van der Waals surface area (Å²) in [4.78, 5) is 6.73. The Hall–Kier alpha value is -0.970. The van der Waals surface area contributed by atoms with Gasteiger partial charge in [0.25, 0.3) is 0 Å². The molecule has 3 rings (SSSR count).